The van der Waals surface area contributed by atoms with E-state index in [4.69, 9.17) is 14.2 Å². The van der Waals surface area contributed by atoms with Crippen molar-refractivity contribution < 1.29 is 28.9 Å². The lowest BCUT2D eigenvalue weighted by molar-refractivity contribution is -0.114. The molecule has 0 atom stereocenters. The van der Waals surface area contributed by atoms with Crippen LogP contribution in [-0.4, -0.2) is 31.1 Å². The van der Waals surface area contributed by atoms with E-state index in [9.17, 15) is 14.7 Å². The molecule has 4 aromatic carbocycles. The molecule has 0 spiro atoms. The van der Waals surface area contributed by atoms with Crippen LogP contribution in [0.15, 0.2) is 91.1 Å². The Morgan fingerprint density at radius 3 is 2.23 bits per heavy atom. The number of rotatable bonds is 8. The summed E-state index contributed by atoms with van der Waals surface area (Å²) in [4.78, 5) is 25.3. The molecular formula is C31H26N2O6. The third kappa shape index (κ3) is 5.40. The molecule has 8 heteroatoms. The van der Waals surface area contributed by atoms with Crippen LogP contribution in [-0.2, 0) is 11.3 Å². The number of aromatic hydroxyl groups is 1. The lowest BCUT2D eigenvalue weighted by atomic mass is 9.91. The molecule has 1 heterocycles. The van der Waals surface area contributed by atoms with Crippen LogP contribution in [0.3, 0.4) is 0 Å². The number of methoxy groups -OCH3 is 2. The normalized spacial score (nSPS) is 13.4. The summed E-state index contributed by atoms with van der Waals surface area (Å²) in [7, 11) is 2.93. The minimum atomic E-state index is -0.501. The van der Waals surface area contributed by atoms with E-state index in [1.807, 2.05) is 66.7 Å². The summed E-state index contributed by atoms with van der Waals surface area (Å²) in [6, 6.07) is 25.8. The number of nitrogens with one attached hydrogen (secondary N) is 2. The second-order valence-electron chi connectivity index (χ2n) is 8.77. The van der Waals surface area contributed by atoms with Crippen molar-refractivity contribution in [1.29, 1.82) is 0 Å². The van der Waals surface area contributed by atoms with Crippen molar-refractivity contribution in [3.63, 3.8) is 0 Å². The van der Waals surface area contributed by atoms with Crippen LogP contribution in [0.4, 0.5) is 0 Å². The lowest BCUT2D eigenvalue weighted by Crippen LogP contribution is -2.37. The van der Waals surface area contributed by atoms with E-state index < -0.39 is 11.8 Å². The first-order valence-corrected chi connectivity index (χ1v) is 12.2. The Morgan fingerprint density at radius 2 is 1.51 bits per heavy atom. The first kappa shape index (κ1) is 25.4. The van der Waals surface area contributed by atoms with Gasteiger partial charge >= 0.3 is 0 Å². The molecule has 1 aliphatic heterocycles. The predicted molar refractivity (Wildman–Crippen MR) is 147 cm³/mol. The van der Waals surface area contributed by atoms with Gasteiger partial charge in [0.2, 0.25) is 5.75 Å². The van der Waals surface area contributed by atoms with Gasteiger partial charge in [0.1, 0.15) is 11.5 Å². The standard InChI is InChI=1S/C31H26N2O6/c1-37-28-15-19(14-27(34)29(28)38-2)17-32-18-26-25-16-21(10-13-24(25)30(35)33-31(26)36)20-8-11-23(12-9-20)39-22-6-4-3-5-7-22/h3-16,18,32,34H,17H2,1-2H3,(H,33,35,36)/b26-18-. The number of amides is 2. The quantitative estimate of drug-likeness (QED) is 0.214. The molecule has 0 unspecified atom stereocenters. The number of para-hydroxylation sites is 1. The third-order valence-corrected chi connectivity index (χ3v) is 6.26. The number of carbonyl (C=O) groups is 2. The Labute approximate surface area is 225 Å². The topological polar surface area (TPSA) is 106 Å². The summed E-state index contributed by atoms with van der Waals surface area (Å²) in [5.74, 6) is 1.06. The first-order chi connectivity index (χ1) is 19.0. The molecule has 2 amide bonds. The number of benzene rings is 4. The average molecular weight is 523 g/mol. The van der Waals surface area contributed by atoms with Gasteiger partial charge in [-0.15, -0.1) is 0 Å². The number of phenols is 1. The van der Waals surface area contributed by atoms with E-state index in [1.165, 1.54) is 14.2 Å². The summed E-state index contributed by atoms with van der Waals surface area (Å²) in [5.41, 5.74) is 3.71. The van der Waals surface area contributed by atoms with Gasteiger partial charge in [-0.3, -0.25) is 14.9 Å². The summed E-state index contributed by atoms with van der Waals surface area (Å²) in [6.45, 7) is 0.288. The molecule has 0 radical (unpaired) electrons. The minimum Gasteiger partial charge on any atom is -0.504 e. The fourth-order valence-corrected chi connectivity index (χ4v) is 4.36. The Balaban J connectivity index is 1.39. The Bertz CT molecular complexity index is 1560. The molecule has 0 aliphatic carbocycles. The van der Waals surface area contributed by atoms with Gasteiger partial charge in [-0.25, -0.2) is 0 Å². The highest BCUT2D eigenvalue weighted by molar-refractivity contribution is 6.31. The summed E-state index contributed by atoms with van der Waals surface area (Å²) < 4.78 is 16.3. The molecule has 0 saturated carbocycles. The van der Waals surface area contributed by atoms with Crippen molar-refractivity contribution in [2.45, 2.75) is 6.54 Å². The number of carbonyl (C=O) groups excluding carboxylic acids is 2. The molecule has 3 N–H and O–H groups in total. The van der Waals surface area contributed by atoms with Crippen molar-refractivity contribution in [3.05, 3.63) is 108 Å². The molecule has 39 heavy (non-hydrogen) atoms. The Morgan fingerprint density at radius 1 is 0.795 bits per heavy atom. The fourth-order valence-electron chi connectivity index (χ4n) is 4.36. The third-order valence-electron chi connectivity index (χ3n) is 6.26. The molecule has 5 rings (SSSR count). The molecule has 0 aromatic heterocycles. The van der Waals surface area contributed by atoms with Crippen LogP contribution in [0.5, 0.6) is 28.7 Å². The zero-order valence-corrected chi connectivity index (χ0v) is 21.4. The highest BCUT2D eigenvalue weighted by atomic mass is 16.5. The number of fused-ring (bicyclic) bond motifs is 1. The van der Waals surface area contributed by atoms with Gasteiger partial charge in [0.15, 0.2) is 11.5 Å². The van der Waals surface area contributed by atoms with Crippen molar-refractivity contribution in [3.8, 4) is 39.9 Å². The number of phenolic OH excluding ortho intramolecular Hbond substituents is 1. The molecule has 0 fully saturated rings. The molecule has 1 aliphatic rings. The molecule has 0 saturated heterocycles. The Kier molecular flexibility index (Phi) is 7.18. The van der Waals surface area contributed by atoms with Crippen LogP contribution < -0.4 is 24.8 Å². The van der Waals surface area contributed by atoms with Crippen LogP contribution in [0, 0.1) is 0 Å². The monoisotopic (exact) mass is 522 g/mol. The van der Waals surface area contributed by atoms with Gasteiger partial charge in [0.05, 0.1) is 19.8 Å². The SMILES string of the molecule is COc1cc(CN/C=C2\C(=O)NC(=O)c3ccc(-c4ccc(Oc5ccccc5)cc4)cc32)cc(O)c1OC. The van der Waals surface area contributed by atoms with Crippen molar-refractivity contribution in [2.75, 3.05) is 14.2 Å². The zero-order chi connectivity index (χ0) is 27.4. The maximum absolute atomic E-state index is 12.8. The van der Waals surface area contributed by atoms with Crippen LogP contribution in [0.25, 0.3) is 16.7 Å². The van der Waals surface area contributed by atoms with Crippen LogP contribution in [0.2, 0.25) is 0 Å². The van der Waals surface area contributed by atoms with Gasteiger partial charge in [-0.2, -0.15) is 0 Å². The summed E-state index contributed by atoms with van der Waals surface area (Å²) >= 11 is 0. The van der Waals surface area contributed by atoms with E-state index in [0.29, 0.717) is 33.8 Å². The number of hydrogen-bond donors (Lipinski definition) is 3. The highest BCUT2D eigenvalue weighted by Crippen LogP contribution is 2.37. The van der Waals surface area contributed by atoms with E-state index in [2.05, 4.69) is 10.6 Å². The minimum absolute atomic E-state index is 0.0579. The van der Waals surface area contributed by atoms with Gasteiger partial charge in [-0.1, -0.05) is 36.4 Å². The molecular weight excluding hydrogens is 496 g/mol. The van der Waals surface area contributed by atoms with Crippen molar-refractivity contribution >= 4 is 17.4 Å². The Hall–Kier alpha value is -5.24. The van der Waals surface area contributed by atoms with Crippen molar-refractivity contribution in [2.24, 2.45) is 0 Å². The maximum Gasteiger partial charge on any atom is 0.260 e. The summed E-state index contributed by atoms with van der Waals surface area (Å²) in [6.07, 6.45) is 1.56. The largest absolute Gasteiger partial charge is 0.504 e. The van der Waals surface area contributed by atoms with Gasteiger partial charge in [-0.05, 0) is 65.2 Å². The number of ether oxygens (including phenoxy) is 3. The molecule has 0 bridgehead atoms. The van der Waals surface area contributed by atoms with Gasteiger partial charge < -0.3 is 24.6 Å². The van der Waals surface area contributed by atoms with E-state index >= 15 is 0 Å². The second-order valence-corrected chi connectivity index (χ2v) is 8.77. The van der Waals surface area contributed by atoms with Crippen molar-refractivity contribution in [1.82, 2.24) is 10.6 Å². The molecule has 196 valence electrons. The number of imide groups is 1. The maximum atomic E-state index is 12.8. The lowest BCUT2D eigenvalue weighted by Gasteiger charge is -2.20. The van der Waals surface area contributed by atoms with E-state index in [0.717, 1.165) is 16.9 Å². The second kappa shape index (κ2) is 11.0. The molecule has 4 aromatic rings. The first-order valence-electron chi connectivity index (χ1n) is 12.2. The molecule has 8 nitrogen and oxygen atoms in total. The number of hydrogen-bond acceptors (Lipinski definition) is 7. The predicted octanol–water partition coefficient (Wildman–Crippen LogP) is 5.27. The average Bonchev–Trinajstić information content (AvgIpc) is 2.95. The van der Waals surface area contributed by atoms with Crippen LogP contribution in [0.1, 0.15) is 21.5 Å². The summed E-state index contributed by atoms with van der Waals surface area (Å²) in [5, 5.41) is 15.7. The smallest absolute Gasteiger partial charge is 0.260 e. The fraction of sp³-hybridized carbons (Fsp3) is 0.0968. The van der Waals surface area contributed by atoms with E-state index in [-0.39, 0.29) is 18.0 Å². The van der Waals surface area contributed by atoms with E-state index in [1.54, 1.807) is 24.4 Å². The van der Waals surface area contributed by atoms with Gasteiger partial charge in [0, 0.05) is 23.9 Å². The van der Waals surface area contributed by atoms with Crippen LogP contribution >= 0.6 is 0 Å². The zero-order valence-electron chi connectivity index (χ0n) is 21.4. The van der Waals surface area contributed by atoms with Gasteiger partial charge in [0.25, 0.3) is 11.8 Å². The highest BCUT2D eigenvalue weighted by Gasteiger charge is 2.27.